The Morgan fingerprint density at radius 2 is 1.90 bits per heavy atom. The minimum atomic E-state index is -0.808. The van der Waals surface area contributed by atoms with Gasteiger partial charge in [0.1, 0.15) is 17.2 Å². The second-order valence-corrected chi connectivity index (χ2v) is 6.57. The van der Waals surface area contributed by atoms with Crippen molar-refractivity contribution in [1.82, 2.24) is 4.90 Å². The number of hydrogen-bond acceptors (Lipinski definition) is 1. The summed E-state index contributed by atoms with van der Waals surface area (Å²) < 4.78 is 28.1. The van der Waals surface area contributed by atoms with Gasteiger partial charge < -0.3 is 4.90 Å². The highest BCUT2D eigenvalue weighted by Crippen LogP contribution is 2.30. The van der Waals surface area contributed by atoms with E-state index < -0.39 is 23.1 Å². The van der Waals surface area contributed by atoms with Crippen LogP contribution in [0.5, 0.6) is 0 Å². The lowest BCUT2D eigenvalue weighted by Gasteiger charge is -2.24. The number of halogens is 3. The van der Waals surface area contributed by atoms with Gasteiger partial charge in [0.05, 0.1) is 0 Å². The van der Waals surface area contributed by atoms with Gasteiger partial charge in [-0.05, 0) is 37.3 Å². The molecule has 110 valence electrons. The molecule has 0 N–H and O–H groups in total. The maximum absolute atomic E-state index is 13.9. The van der Waals surface area contributed by atoms with Crippen molar-refractivity contribution in [2.24, 2.45) is 5.92 Å². The molecule has 2 rings (SSSR count). The van der Waals surface area contributed by atoms with Crippen LogP contribution in [0, 0.1) is 17.6 Å². The van der Waals surface area contributed by atoms with Crippen LogP contribution in [-0.4, -0.2) is 23.4 Å². The Morgan fingerprint density at radius 3 is 2.35 bits per heavy atom. The number of carbonyl (C=O) groups excluding carboxylic acids is 1. The largest absolute Gasteiger partial charge is 0.335 e. The van der Waals surface area contributed by atoms with Crippen molar-refractivity contribution in [3.05, 3.63) is 33.8 Å². The average Bonchev–Trinajstić information content (AvgIpc) is 3.11. The van der Waals surface area contributed by atoms with Gasteiger partial charge in [-0.15, -0.1) is 0 Å². The van der Waals surface area contributed by atoms with Crippen LogP contribution in [0.2, 0.25) is 0 Å². The zero-order valence-corrected chi connectivity index (χ0v) is 13.2. The van der Waals surface area contributed by atoms with E-state index in [1.54, 1.807) is 4.90 Å². The van der Waals surface area contributed by atoms with Gasteiger partial charge in [0.2, 0.25) is 0 Å². The van der Waals surface area contributed by atoms with Gasteiger partial charge in [0.15, 0.2) is 0 Å². The molecule has 2 nitrogen and oxygen atoms in total. The van der Waals surface area contributed by atoms with Gasteiger partial charge in [-0.25, -0.2) is 8.78 Å². The number of carbonyl (C=O) groups is 1. The number of hydrogen-bond donors (Lipinski definition) is 0. The highest BCUT2D eigenvalue weighted by atomic mass is 79.9. The molecule has 1 amide bonds. The molecule has 1 aliphatic carbocycles. The van der Waals surface area contributed by atoms with Crippen molar-refractivity contribution in [3.63, 3.8) is 0 Å². The van der Waals surface area contributed by atoms with Crippen LogP contribution in [0.15, 0.2) is 16.6 Å². The molecule has 0 heterocycles. The van der Waals surface area contributed by atoms with Crippen LogP contribution in [0.3, 0.4) is 0 Å². The molecule has 1 aliphatic rings. The Hall–Kier alpha value is -0.970. The van der Waals surface area contributed by atoms with E-state index in [4.69, 9.17) is 0 Å². The fraction of sp³-hybridized carbons (Fsp3) is 0.533. The first kappa shape index (κ1) is 15.4. The summed E-state index contributed by atoms with van der Waals surface area (Å²) in [5.41, 5.74) is -0.441. The maximum atomic E-state index is 13.9. The third-order valence-electron chi connectivity index (χ3n) is 3.42. The molecular weight excluding hydrogens is 328 g/mol. The van der Waals surface area contributed by atoms with Gasteiger partial charge in [-0.3, -0.25) is 4.79 Å². The lowest BCUT2D eigenvalue weighted by Crippen LogP contribution is -2.35. The molecule has 1 fully saturated rings. The van der Waals surface area contributed by atoms with Gasteiger partial charge in [0.25, 0.3) is 5.91 Å². The SMILES string of the molecule is CC(C)CCN(C(=O)c1c(F)cc(Br)cc1F)C1CC1. The zero-order valence-electron chi connectivity index (χ0n) is 11.6. The van der Waals surface area contributed by atoms with Crippen LogP contribution in [0.1, 0.15) is 43.5 Å². The monoisotopic (exact) mass is 345 g/mol. The summed E-state index contributed by atoms with van der Waals surface area (Å²) in [5, 5.41) is 0. The summed E-state index contributed by atoms with van der Waals surface area (Å²) in [6, 6.07) is 2.40. The van der Waals surface area contributed by atoms with Gasteiger partial charge in [0, 0.05) is 17.1 Å². The van der Waals surface area contributed by atoms with Crippen LogP contribution < -0.4 is 0 Å². The molecule has 0 spiro atoms. The van der Waals surface area contributed by atoms with Crippen LogP contribution in [-0.2, 0) is 0 Å². The predicted octanol–water partition coefficient (Wildman–Crippen LogP) is 4.38. The zero-order chi connectivity index (χ0) is 14.9. The van der Waals surface area contributed by atoms with Crippen molar-refractivity contribution in [3.8, 4) is 0 Å². The second-order valence-electron chi connectivity index (χ2n) is 5.66. The molecule has 0 bridgehead atoms. The molecule has 0 radical (unpaired) electrons. The van der Waals surface area contributed by atoms with E-state index in [1.165, 1.54) is 0 Å². The summed E-state index contributed by atoms with van der Waals surface area (Å²) >= 11 is 3.02. The van der Waals surface area contributed by atoms with Crippen LogP contribution in [0.4, 0.5) is 8.78 Å². The topological polar surface area (TPSA) is 20.3 Å². The first-order chi connectivity index (χ1) is 9.40. The smallest absolute Gasteiger partial charge is 0.260 e. The summed E-state index contributed by atoms with van der Waals surface area (Å²) in [6.07, 6.45) is 2.68. The lowest BCUT2D eigenvalue weighted by molar-refractivity contribution is 0.0725. The molecule has 20 heavy (non-hydrogen) atoms. The van der Waals surface area contributed by atoms with Crippen molar-refractivity contribution >= 4 is 21.8 Å². The van der Waals surface area contributed by atoms with Gasteiger partial charge in [-0.1, -0.05) is 29.8 Å². The maximum Gasteiger partial charge on any atom is 0.260 e. The molecule has 1 saturated carbocycles. The van der Waals surface area contributed by atoms with Crippen molar-refractivity contribution in [2.75, 3.05) is 6.54 Å². The minimum absolute atomic E-state index is 0.142. The summed E-state index contributed by atoms with van der Waals surface area (Å²) in [5.74, 6) is -1.70. The fourth-order valence-corrected chi connectivity index (χ4v) is 2.53. The third-order valence-corrected chi connectivity index (χ3v) is 3.87. The van der Waals surface area contributed by atoms with E-state index in [-0.39, 0.29) is 6.04 Å². The number of rotatable bonds is 5. The van der Waals surface area contributed by atoms with E-state index in [0.29, 0.717) is 16.9 Å². The summed E-state index contributed by atoms with van der Waals surface area (Å²) in [4.78, 5) is 14.0. The lowest BCUT2D eigenvalue weighted by atomic mass is 10.1. The van der Waals surface area contributed by atoms with Crippen molar-refractivity contribution in [1.29, 1.82) is 0 Å². The average molecular weight is 346 g/mol. The van der Waals surface area contributed by atoms with Crippen LogP contribution >= 0.6 is 15.9 Å². The van der Waals surface area contributed by atoms with Gasteiger partial charge in [-0.2, -0.15) is 0 Å². The minimum Gasteiger partial charge on any atom is -0.335 e. The Balaban J connectivity index is 2.23. The molecule has 0 saturated heterocycles. The van der Waals surface area contributed by atoms with E-state index in [9.17, 15) is 13.6 Å². The predicted molar refractivity (Wildman–Crippen MR) is 77.6 cm³/mol. The molecule has 1 aromatic rings. The Bertz CT molecular complexity index is 492. The van der Waals surface area contributed by atoms with E-state index in [2.05, 4.69) is 29.8 Å². The second kappa shape index (κ2) is 6.20. The normalized spacial score (nSPS) is 14.7. The Kier molecular flexibility index (Phi) is 4.78. The van der Waals surface area contributed by atoms with Crippen molar-refractivity contribution in [2.45, 2.75) is 39.2 Å². The van der Waals surface area contributed by atoms with Crippen LogP contribution in [0.25, 0.3) is 0 Å². The third kappa shape index (κ3) is 3.57. The number of nitrogens with zero attached hydrogens (tertiary/aromatic N) is 1. The molecule has 0 aliphatic heterocycles. The molecule has 0 aromatic heterocycles. The number of amides is 1. The van der Waals surface area contributed by atoms with E-state index in [1.807, 2.05) is 0 Å². The fourth-order valence-electron chi connectivity index (χ4n) is 2.12. The van der Waals surface area contributed by atoms with Gasteiger partial charge >= 0.3 is 0 Å². The highest BCUT2D eigenvalue weighted by Gasteiger charge is 2.35. The first-order valence-corrected chi connectivity index (χ1v) is 7.65. The standard InChI is InChI=1S/C15H18BrF2NO/c1-9(2)5-6-19(11-3-4-11)15(20)14-12(17)7-10(16)8-13(14)18/h7-9,11H,3-6H2,1-2H3. The summed E-state index contributed by atoms with van der Waals surface area (Å²) in [6.45, 7) is 4.68. The molecule has 0 unspecified atom stereocenters. The van der Waals surface area contributed by atoms with Crippen molar-refractivity contribution < 1.29 is 13.6 Å². The van der Waals surface area contributed by atoms with E-state index >= 15 is 0 Å². The molecule has 5 heteroatoms. The molecular formula is C15H18BrF2NO. The molecule has 1 aromatic carbocycles. The Labute approximate surface area is 126 Å². The summed E-state index contributed by atoms with van der Waals surface area (Å²) in [7, 11) is 0. The Morgan fingerprint density at radius 1 is 1.35 bits per heavy atom. The highest BCUT2D eigenvalue weighted by molar-refractivity contribution is 9.10. The van der Waals surface area contributed by atoms with E-state index in [0.717, 1.165) is 31.4 Å². The number of benzene rings is 1. The first-order valence-electron chi connectivity index (χ1n) is 6.85. The quantitative estimate of drug-likeness (QED) is 0.775. The molecule has 0 atom stereocenters.